The van der Waals surface area contributed by atoms with Gasteiger partial charge in [0.2, 0.25) is 5.60 Å². The average Bonchev–Trinajstić information content (AvgIpc) is 2.76. The number of anilines is 1. The minimum atomic E-state index is -1.73. The molecule has 8 nitrogen and oxygen atoms in total. The van der Waals surface area contributed by atoms with Gasteiger partial charge < -0.3 is 15.7 Å². The van der Waals surface area contributed by atoms with Crippen LogP contribution in [0.4, 0.5) is 5.82 Å². The average molecular weight is 390 g/mol. The van der Waals surface area contributed by atoms with E-state index in [1.54, 1.807) is 32.3 Å². The number of nitrogens with two attached hydrogens (primary N) is 1. The SMILES string of the molecule is CCN(C)C(=O)C(O)(C#Cc1cccc(-c2ncc3ncnc(N)c3n2)c1)CC. The fraction of sp³-hybridized carbons (Fsp3) is 0.286. The number of nitrogens with zero attached hydrogens (tertiary/aromatic N) is 5. The summed E-state index contributed by atoms with van der Waals surface area (Å²) in [4.78, 5) is 30.7. The van der Waals surface area contributed by atoms with Crippen molar-refractivity contribution >= 4 is 22.8 Å². The van der Waals surface area contributed by atoms with Crippen molar-refractivity contribution in [3.63, 3.8) is 0 Å². The van der Waals surface area contributed by atoms with E-state index >= 15 is 0 Å². The first-order chi connectivity index (χ1) is 13.9. The molecule has 0 fully saturated rings. The smallest absolute Gasteiger partial charge is 0.266 e. The summed E-state index contributed by atoms with van der Waals surface area (Å²) >= 11 is 0. The first kappa shape index (κ1) is 20.2. The van der Waals surface area contributed by atoms with Crippen LogP contribution in [0.3, 0.4) is 0 Å². The molecule has 0 aliphatic carbocycles. The number of fused-ring (bicyclic) bond motifs is 1. The van der Waals surface area contributed by atoms with Crippen LogP contribution in [0.15, 0.2) is 36.8 Å². The van der Waals surface area contributed by atoms with Gasteiger partial charge in [-0.25, -0.2) is 19.9 Å². The highest BCUT2D eigenvalue weighted by molar-refractivity contribution is 5.88. The molecule has 0 saturated heterocycles. The molecule has 0 aliphatic rings. The summed E-state index contributed by atoms with van der Waals surface area (Å²) < 4.78 is 0. The van der Waals surface area contributed by atoms with Crippen molar-refractivity contribution in [3.8, 4) is 23.2 Å². The predicted octanol–water partition coefficient (Wildman–Crippen LogP) is 1.64. The molecule has 3 aromatic rings. The van der Waals surface area contributed by atoms with Gasteiger partial charge in [0.1, 0.15) is 17.4 Å². The molecule has 1 amide bonds. The highest BCUT2D eigenvalue weighted by Crippen LogP contribution is 2.21. The second-order valence-corrected chi connectivity index (χ2v) is 6.55. The number of benzene rings is 1. The number of carbonyl (C=O) groups is 1. The quantitative estimate of drug-likeness (QED) is 0.650. The molecule has 0 radical (unpaired) electrons. The molecule has 1 atom stereocenters. The van der Waals surface area contributed by atoms with Gasteiger partial charge in [-0.2, -0.15) is 0 Å². The highest BCUT2D eigenvalue weighted by Gasteiger charge is 2.34. The van der Waals surface area contributed by atoms with Crippen molar-refractivity contribution < 1.29 is 9.90 Å². The second-order valence-electron chi connectivity index (χ2n) is 6.55. The van der Waals surface area contributed by atoms with E-state index in [0.717, 1.165) is 5.56 Å². The molecular formula is C21H22N6O2. The van der Waals surface area contributed by atoms with Crippen LogP contribution in [0.25, 0.3) is 22.4 Å². The maximum atomic E-state index is 12.4. The van der Waals surface area contributed by atoms with Gasteiger partial charge in [0.05, 0.1) is 6.20 Å². The minimum absolute atomic E-state index is 0.190. The predicted molar refractivity (Wildman–Crippen MR) is 110 cm³/mol. The van der Waals surface area contributed by atoms with Gasteiger partial charge in [-0.3, -0.25) is 4.79 Å². The third-order valence-corrected chi connectivity index (χ3v) is 4.63. The highest BCUT2D eigenvalue weighted by atomic mass is 16.3. The summed E-state index contributed by atoms with van der Waals surface area (Å²) in [6.07, 6.45) is 3.14. The zero-order valence-corrected chi connectivity index (χ0v) is 16.5. The molecule has 148 valence electrons. The fourth-order valence-electron chi connectivity index (χ4n) is 2.68. The number of aliphatic hydroxyl groups is 1. The summed E-state index contributed by atoms with van der Waals surface area (Å²) in [5.74, 6) is 5.95. The Morgan fingerprint density at radius 1 is 1.28 bits per heavy atom. The lowest BCUT2D eigenvalue weighted by molar-refractivity contribution is -0.144. The van der Waals surface area contributed by atoms with Crippen LogP contribution in [0.2, 0.25) is 0 Å². The van der Waals surface area contributed by atoms with Crippen LogP contribution in [-0.4, -0.2) is 55.0 Å². The van der Waals surface area contributed by atoms with Crippen molar-refractivity contribution in [2.45, 2.75) is 25.9 Å². The normalized spacial score (nSPS) is 12.7. The Morgan fingerprint density at radius 3 is 2.79 bits per heavy atom. The van der Waals surface area contributed by atoms with Gasteiger partial charge in [-0.15, -0.1) is 0 Å². The molecule has 0 spiro atoms. The van der Waals surface area contributed by atoms with Crippen LogP contribution in [0, 0.1) is 11.8 Å². The van der Waals surface area contributed by atoms with Crippen molar-refractivity contribution in [2.24, 2.45) is 0 Å². The summed E-state index contributed by atoms with van der Waals surface area (Å²) in [5, 5.41) is 10.7. The Morgan fingerprint density at radius 2 is 2.07 bits per heavy atom. The van der Waals surface area contributed by atoms with Crippen molar-refractivity contribution in [1.82, 2.24) is 24.8 Å². The summed E-state index contributed by atoms with van der Waals surface area (Å²) in [5.41, 5.74) is 6.53. The molecule has 8 heteroatoms. The van der Waals surface area contributed by atoms with Gasteiger partial charge in [0.25, 0.3) is 5.91 Å². The number of rotatable bonds is 4. The second kappa shape index (κ2) is 8.20. The number of amides is 1. The largest absolute Gasteiger partial charge is 0.382 e. The molecule has 0 bridgehead atoms. The summed E-state index contributed by atoms with van der Waals surface area (Å²) in [7, 11) is 1.64. The number of aromatic nitrogens is 4. The molecule has 29 heavy (non-hydrogen) atoms. The topological polar surface area (TPSA) is 118 Å². The zero-order valence-electron chi connectivity index (χ0n) is 16.5. The number of likely N-dealkylation sites (N-methyl/N-ethyl adjacent to an activating group) is 1. The Kier molecular flexibility index (Phi) is 5.71. The molecule has 3 rings (SSSR count). The molecule has 1 aromatic carbocycles. The standard InChI is InChI=1S/C21H22N6O2/c1-4-21(29,20(28)27(3)5-2)10-9-14-7-6-8-15(11-14)19-23-12-16-17(26-19)18(22)25-13-24-16/h6-8,11-13,29H,4-5H2,1-3H3,(H2,22,24,25). The van der Waals surface area contributed by atoms with E-state index in [-0.39, 0.29) is 12.2 Å². The summed E-state index contributed by atoms with van der Waals surface area (Å²) in [6, 6.07) is 7.23. The van der Waals surface area contributed by atoms with Gasteiger partial charge >= 0.3 is 0 Å². The van der Waals surface area contributed by atoms with E-state index in [1.165, 1.54) is 11.2 Å². The van der Waals surface area contributed by atoms with E-state index in [1.807, 2.05) is 19.1 Å². The van der Waals surface area contributed by atoms with Gasteiger partial charge in [-0.05, 0) is 25.5 Å². The number of carbonyl (C=O) groups excluding carboxylic acids is 1. The monoisotopic (exact) mass is 390 g/mol. The number of hydrogen-bond donors (Lipinski definition) is 2. The number of nitrogen functional groups attached to an aromatic ring is 1. The van der Waals surface area contributed by atoms with Crippen LogP contribution in [0.1, 0.15) is 25.8 Å². The molecule has 0 saturated carbocycles. The van der Waals surface area contributed by atoms with E-state index < -0.39 is 11.5 Å². The van der Waals surface area contributed by atoms with Crippen LogP contribution in [0.5, 0.6) is 0 Å². The van der Waals surface area contributed by atoms with Crippen LogP contribution < -0.4 is 5.73 Å². The van der Waals surface area contributed by atoms with Crippen LogP contribution in [-0.2, 0) is 4.79 Å². The first-order valence-electron chi connectivity index (χ1n) is 9.22. The Labute approximate surface area is 168 Å². The van der Waals surface area contributed by atoms with Crippen molar-refractivity contribution in [3.05, 3.63) is 42.4 Å². The molecule has 3 N–H and O–H groups in total. The van der Waals surface area contributed by atoms with Gasteiger partial charge in [0.15, 0.2) is 11.6 Å². The number of hydrogen-bond acceptors (Lipinski definition) is 7. The Balaban J connectivity index is 1.96. The van der Waals surface area contributed by atoms with Gasteiger partial charge in [0, 0.05) is 24.7 Å². The Bertz CT molecular complexity index is 1120. The minimum Gasteiger partial charge on any atom is -0.382 e. The molecule has 2 aromatic heterocycles. The molecular weight excluding hydrogens is 368 g/mol. The maximum Gasteiger partial charge on any atom is 0.266 e. The lowest BCUT2D eigenvalue weighted by atomic mass is 9.99. The third-order valence-electron chi connectivity index (χ3n) is 4.63. The maximum absolute atomic E-state index is 12.4. The van der Waals surface area contributed by atoms with Crippen LogP contribution >= 0.6 is 0 Å². The molecule has 2 heterocycles. The molecule has 1 unspecified atom stereocenters. The van der Waals surface area contributed by atoms with E-state index in [9.17, 15) is 9.90 Å². The lowest BCUT2D eigenvalue weighted by Crippen LogP contribution is -2.46. The van der Waals surface area contributed by atoms with E-state index in [0.29, 0.717) is 29.0 Å². The van der Waals surface area contributed by atoms with Gasteiger partial charge in [-0.1, -0.05) is 30.9 Å². The summed E-state index contributed by atoms with van der Waals surface area (Å²) in [6.45, 7) is 4.05. The van der Waals surface area contributed by atoms with Crippen molar-refractivity contribution in [1.29, 1.82) is 0 Å². The third kappa shape index (κ3) is 4.15. The van der Waals surface area contributed by atoms with E-state index in [4.69, 9.17) is 5.73 Å². The molecule has 0 aliphatic heterocycles. The lowest BCUT2D eigenvalue weighted by Gasteiger charge is -2.25. The zero-order chi connectivity index (χ0) is 21.0. The fourth-order valence-corrected chi connectivity index (χ4v) is 2.68. The first-order valence-corrected chi connectivity index (χ1v) is 9.22. The van der Waals surface area contributed by atoms with Crippen molar-refractivity contribution in [2.75, 3.05) is 19.3 Å². The van der Waals surface area contributed by atoms with E-state index in [2.05, 4.69) is 31.8 Å². The Hall–Kier alpha value is -3.57.